The van der Waals surface area contributed by atoms with Crippen LogP contribution in [0.15, 0.2) is 48.7 Å². The minimum Gasteiger partial charge on any atom is -0.462 e. The van der Waals surface area contributed by atoms with Gasteiger partial charge in [0.05, 0.1) is 17.9 Å². The number of nitrogens with zero attached hydrogens (tertiary/aromatic N) is 3. The summed E-state index contributed by atoms with van der Waals surface area (Å²) in [7, 11) is 2.02. The Morgan fingerprint density at radius 1 is 1.02 bits per heavy atom. The van der Waals surface area contributed by atoms with Gasteiger partial charge in [0, 0.05) is 66.9 Å². The van der Waals surface area contributed by atoms with E-state index in [0.29, 0.717) is 35.6 Å². The van der Waals surface area contributed by atoms with Gasteiger partial charge in [0.15, 0.2) is 0 Å². The molecule has 1 fully saturated rings. The van der Waals surface area contributed by atoms with Crippen molar-refractivity contribution in [2.75, 3.05) is 46.4 Å². The first kappa shape index (κ1) is 27.4. The maximum absolute atomic E-state index is 13.5. The lowest BCUT2D eigenvalue weighted by molar-refractivity contribution is -0.136. The number of hydrogen-bond donors (Lipinski definition) is 1. The van der Waals surface area contributed by atoms with Gasteiger partial charge in [0.2, 0.25) is 0 Å². The van der Waals surface area contributed by atoms with E-state index in [0.717, 1.165) is 24.0 Å². The third-order valence-electron chi connectivity index (χ3n) is 7.38. The average molecular weight is 549 g/mol. The van der Waals surface area contributed by atoms with Gasteiger partial charge in [0.1, 0.15) is 11.6 Å². The molecule has 2 amide bonds. The van der Waals surface area contributed by atoms with Gasteiger partial charge in [-0.25, -0.2) is 14.0 Å². The van der Waals surface area contributed by atoms with Crippen LogP contribution >= 0.6 is 0 Å². The Kier molecular flexibility index (Phi) is 7.37. The lowest BCUT2D eigenvalue weighted by atomic mass is 9.81. The van der Waals surface area contributed by atoms with Crippen molar-refractivity contribution in [3.8, 4) is 5.75 Å². The summed E-state index contributed by atoms with van der Waals surface area (Å²) < 4.78 is 24.5. The van der Waals surface area contributed by atoms with Crippen LogP contribution in [-0.2, 0) is 14.9 Å². The molecule has 0 saturated carbocycles. The first-order valence-electron chi connectivity index (χ1n) is 13.3. The van der Waals surface area contributed by atoms with E-state index in [4.69, 9.17) is 9.47 Å². The van der Waals surface area contributed by atoms with Crippen LogP contribution in [0.5, 0.6) is 5.75 Å². The molecule has 210 valence electrons. The van der Waals surface area contributed by atoms with Gasteiger partial charge in [-0.05, 0) is 55.9 Å². The highest BCUT2D eigenvalue weighted by Gasteiger charge is 2.37. The Hall–Kier alpha value is -4.18. The Bertz CT molecular complexity index is 1490. The Balaban J connectivity index is 1.52. The molecule has 0 radical (unpaired) electrons. The molecule has 3 heterocycles. The zero-order valence-electron chi connectivity index (χ0n) is 23.1. The fourth-order valence-electron chi connectivity index (χ4n) is 5.32. The van der Waals surface area contributed by atoms with E-state index in [1.54, 1.807) is 24.0 Å². The fourth-order valence-corrected chi connectivity index (χ4v) is 5.32. The molecule has 9 nitrogen and oxygen atoms in total. The van der Waals surface area contributed by atoms with E-state index in [2.05, 4.69) is 9.88 Å². The number of hydrogen-bond acceptors (Lipinski definition) is 6. The first-order chi connectivity index (χ1) is 19.1. The van der Waals surface area contributed by atoms with Crippen LogP contribution < -0.4 is 4.74 Å². The molecule has 1 N–H and O–H groups in total. The number of rotatable bonds is 4. The second-order valence-electron chi connectivity index (χ2n) is 10.8. The van der Waals surface area contributed by atoms with Crippen molar-refractivity contribution in [3.05, 3.63) is 71.3 Å². The topological polar surface area (TPSA) is 95.2 Å². The van der Waals surface area contributed by atoms with Crippen LogP contribution in [0.2, 0.25) is 0 Å². The normalized spacial score (nSPS) is 17.2. The van der Waals surface area contributed by atoms with Gasteiger partial charge in [-0.3, -0.25) is 4.79 Å². The van der Waals surface area contributed by atoms with Gasteiger partial charge in [0.25, 0.3) is 5.91 Å². The number of fused-ring (bicyclic) bond motifs is 3. The summed E-state index contributed by atoms with van der Waals surface area (Å²) in [5.74, 6) is -0.986. The summed E-state index contributed by atoms with van der Waals surface area (Å²) in [6.45, 7) is 8.90. The molecule has 5 rings (SSSR count). The van der Waals surface area contributed by atoms with Crippen molar-refractivity contribution in [1.29, 1.82) is 0 Å². The predicted molar refractivity (Wildman–Crippen MR) is 148 cm³/mol. The molecular weight excluding hydrogens is 515 g/mol. The van der Waals surface area contributed by atoms with Crippen molar-refractivity contribution in [2.45, 2.75) is 26.2 Å². The third-order valence-corrected chi connectivity index (χ3v) is 7.38. The number of benzene rings is 2. The van der Waals surface area contributed by atoms with E-state index in [1.165, 1.54) is 35.4 Å². The number of nitrogens with one attached hydrogen (secondary N) is 1. The lowest BCUT2D eigenvalue weighted by Crippen LogP contribution is -2.48. The summed E-state index contributed by atoms with van der Waals surface area (Å²) >= 11 is 0. The van der Waals surface area contributed by atoms with Gasteiger partial charge in [-0.15, -0.1) is 0 Å². The molecule has 2 aliphatic heterocycles. The quantitative estimate of drug-likeness (QED) is 0.486. The van der Waals surface area contributed by atoms with Crippen LogP contribution in [0.4, 0.5) is 9.18 Å². The van der Waals surface area contributed by atoms with E-state index in [1.807, 2.05) is 27.0 Å². The molecule has 0 aliphatic carbocycles. The monoisotopic (exact) mass is 548 g/mol. The molecule has 1 aromatic heterocycles. The molecular formula is C30H33FN4O5. The van der Waals surface area contributed by atoms with Crippen LogP contribution in [-0.4, -0.2) is 84.0 Å². The summed E-state index contributed by atoms with van der Waals surface area (Å²) in [4.78, 5) is 48.0. The molecule has 2 aliphatic rings. The zero-order chi connectivity index (χ0) is 28.6. The number of H-pyrrole nitrogens is 1. The first-order valence-corrected chi connectivity index (χ1v) is 13.3. The van der Waals surface area contributed by atoms with E-state index in [-0.39, 0.29) is 24.6 Å². The summed E-state index contributed by atoms with van der Waals surface area (Å²) in [5, 5.41) is 0.839. The molecule has 0 unspecified atom stereocenters. The van der Waals surface area contributed by atoms with E-state index >= 15 is 0 Å². The number of halogens is 1. The van der Waals surface area contributed by atoms with Gasteiger partial charge in [-0.2, -0.15) is 0 Å². The maximum atomic E-state index is 13.5. The number of aromatic nitrogens is 1. The summed E-state index contributed by atoms with van der Waals surface area (Å²) in [6.07, 6.45) is 1.10. The van der Waals surface area contributed by atoms with Crippen molar-refractivity contribution in [2.24, 2.45) is 0 Å². The standard InChI is InChI=1S/C30H33FN4O5/c1-5-39-28(37)23-17-35(27(36)19-6-8-20(31)9-7-19)18-30(2,3)25-22-11-10-21(16-24(22)32-26(23)25)40-29(38)34-14-12-33(4)13-15-34/h6-11,16-17,32H,5,12-15,18H2,1-4H3. The van der Waals surface area contributed by atoms with Gasteiger partial charge < -0.3 is 29.2 Å². The number of aromatic amines is 1. The molecule has 40 heavy (non-hydrogen) atoms. The number of likely N-dealkylation sites (N-methyl/N-ethyl adjacent to an activating group) is 1. The van der Waals surface area contributed by atoms with Crippen LogP contribution in [0.25, 0.3) is 16.5 Å². The summed E-state index contributed by atoms with van der Waals surface area (Å²) in [5.41, 5.74) is 1.97. The number of esters is 1. The second kappa shape index (κ2) is 10.8. The Labute approximate surface area is 232 Å². The van der Waals surface area contributed by atoms with Crippen LogP contribution in [0, 0.1) is 5.82 Å². The van der Waals surface area contributed by atoms with Crippen molar-refractivity contribution >= 4 is 34.4 Å². The highest BCUT2D eigenvalue weighted by Crippen LogP contribution is 2.41. The zero-order valence-corrected chi connectivity index (χ0v) is 23.1. The fraction of sp³-hybridized carbons (Fsp3) is 0.367. The second-order valence-corrected chi connectivity index (χ2v) is 10.8. The maximum Gasteiger partial charge on any atom is 0.415 e. The Morgan fingerprint density at radius 3 is 2.40 bits per heavy atom. The van der Waals surface area contributed by atoms with Crippen LogP contribution in [0.3, 0.4) is 0 Å². The van der Waals surface area contributed by atoms with Crippen molar-refractivity contribution in [3.63, 3.8) is 0 Å². The lowest BCUT2D eigenvalue weighted by Gasteiger charge is -2.31. The molecule has 1 saturated heterocycles. The number of carbonyl (C=O) groups is 3. The number of amides is 2. The van der Waals surface area contributed by atoms with Crippen molar-refractivity contribution < 1.29 is 28.2 Å². The molecule has 0 spiro atoms. The number of carbonyl (C=O) groups excluding carboxylic acids is 3. The molecule has 0 atom stereocenters. The minimum atomic E-state index is -0.605. The van der Waals surface area contributed by atoms with Gasteiger partial charge >= 0.3 is 12.1 Å². The summed E-state index contributed by atoms with van der Waals surface area (Å²) in [6, 6.07) is 10.7. The molecule has 10 heteroatoms. The molecule has 0 bridgehead atoms. The minimum absolute atomic E-state index is 0.160. The van der Waals surface area contributed by atoms with E-state index in [9.17, 15) is 18.8 Å². The average Bonchev–Trinajstić information content (AvgIpc) is 3.25. The van der Waals surface area contributed by atoms with Crippen LogP contribution in [0.1, 0.15) is 42.4 Å². The smallest absolute Gasteiger partial charge is 0.415 e. The van der Waals surface area contributed by atoms with Crippen molar-refractivity contribution in [1.82, 2.24) is 19.7 Å². The third kappa shape index (κ3) is 5.31. The predicted octanol–water partition coefficient (Wildman–Crippen LogP) is 4.39. The number of piperazine rings is 1. The van der Waals surface area contributed by atoms with E-state index < -0.39 is 23.3 Å². The largest absolute Gasteiger partial charge is 0.462 e. The molecule has 3 aromatic rings. The molecule has 2 aromatic carbocycles. The number of ether oxygens (including phenoxy) is 2. The highest BCUT2D eigenvalue weighted by molar-refractivity contribution is 6.18. The highest BCUT2D eigenvalue weighted by atomic mass is 19.1. The SMILES string of the molecule is CCOC(=O)C1=CN(C(=O)c2ccc(F)cc2)CC(C)(C)c2c1[nH]c1cc(OC(=O)N3CCN(C)CC3)ccc21. The van der Waals surface area contributed by atoms with Gasteiger partial charge in [-0.1, -0.05) is 13.8 Å². The Morgan fingerprint density at radius 2 is 1.73 bits per heavy atom.